The molecule has 12 heteroatoms. The van der Waals surface area contributed by atoms with Gasteiger partial charge in [-0.15, -0.1) is 0 Å². The fourth-order valence-electron chi connectivity index (χ4n) is 7.52. The van der Waals surface area contributed by atoms with Gasteiger partial charge in [-0.25, -0.2) is 8.78 Å². The van der Waals surface area contributed by atoms with Crippen molar-refractivity contribution in [2.45, 2.75) is 54.6 Å². The third kappa shape index (κ3) is 3.82. The van der Waals surface area contributed by atoms with E-state index in [0.29, 0.717) is 29.3 Å². The van der Waals surface area contributed by atoms with Crippen molar-refractivity contribution in [3.8, 4) is 0 Å². The fourth-order valence-corrected chi connectivity index (χ4v) is 7.87. The molecule has 2 aromatic rings. The number of carbonyl (C=O) groups excluding carboxylic acids is 2. The van der Waals surface area contributed by atoms with Gasteiger partial charge >= 0.3 is 0 Å². The maximum absolute atomic E-state index is 15.8. The molecule has 1 aliphatic carbocycles. The van der Waals surface area contributed by atoms with Crippen LogP contribution in [-0.4, -0.2) is 56.0 Å². The lowest BCUT2D eigenvalue weighted by Gasteiger charge is -2.59. The number of benzene rings is 2. The summed E-state index contributed by atoms with van der Waals surface area (Å²) in [4.78, 5) is 28.1. The Balaban J connectivity index is 1.57. The molecular weight excluding hydrogens is 573 g/mol. The summed E-state index contributed by atoms with van der Waals surface area (Å²) in [6.07, 6.45) is 1.12. The van der Waals surface area contributed by atoms with Gasteiger partial charge in [-0.05, 0) is 55.0 Å². The zero-order valence-corrected chi connectivity index (χ0v) is 22.8. The van der Waals surface area contributed by atoms with E-state index in [1.54, 1.807) is 12.1 Å². The maximum atomic E-state index is 15.8. The lowest BCUT2D eigenvalue weighted by molar-refractivity contribution is -0.131. The Hall–Kier alpha value is -2.40. The van der Waals surface area contributed by atoms with E-state index in [2.05, 4.69) is 16.0 Å². The van der Waals surface area contributed by atoms with Crippen molar-refractivity contribution in [3.05, 3.63) is 63.1 Å². The van der Waals surface area contributed by atoms with Crippen LogP contribution in [0.5, 0.6) is 0 Å². The molecule has 2 spiro atoms. The van der Waals surface area contributed by atoms with Gasteiger partial charge in [-0.1, -0.05) is 35.3 Å². The van der Waals surface area contributed by atoms with Gasteiger partial charge in [-0.2, -0.15) is 0 Å². The number of halogens is 6. The van der Waals surface area contributed by atoms with E-state index < -0.39 is 70.1 Å². The van der Waals surface area contributed by atoms with Crippen molar-refractivity contribution in [2.75, 3.05) is 31.9 Å². The smallest absolute Gasteiger partial charge is 0.238 e. The van der Waals surface area contributed by atoms with E-state index in [4.69, 9.17) is 27.9 Å². The first-order chi connectivity index (χ1) is 19.1. The molecule has 0 unspecified atom stereocenters. The Morgan fingerprint density at radius 3 is 2.55 bits per heavy atom. The highest BCUT2D eigenvalue weighted by molar-refractivity contribution is 6.31. The average molecular weight is 600 g/mol. The minimum absolute atomic E-state index is 0.133. The lowest BCUT2D eigenvalue weighted by atomic mass is 9.46. The van der Waals surface area contributed by atoms with Gasteiger partial charge in [0.05, 0.1) is 32.0 Å². The summed E-state index contributed by atoms with van der Waals surface area (Å²) in [6.45, 7) is -1.10. The standard InChI is InChI=1S/C28H27Cl2F4N3O3/c29-14-3-5-17-19(8-14)36-25(39)28(17)20(16-4-6-18(33)21(30)22(16)34)23(24(38)35-15-2-1-7-40-9-15)37-27(28)10-26(11-27,12-31)13-32/h3-6,8,15,20,23,37H,1-2,7,9-13H2,(H,35,38)(H,36,39)/t15-,20+,23-,28-/m1/s1. The Morgan fingerprint density at radius 1 is 1.12 bits per heavy atom. The minimum Gasteiger partial charge on any atom is -0.379 e. The number of hydrogen-bond donors (Lipinski definition) is 3. The number of alkyl halides is 2. The van der Waals surface area contributed by atoms with Gasteiger partial charge in [0.15, 0.2) is 0 Å². The van der Waals surface area contributed by atoms with Crippen LogP contribution in [0.4, 0.5) is 23.2 Å². The fraction of sp³-hybridized carbons (Fsp3) is 0.500. The number of rotatable bonds is 5. The first-order valence-corrected chi connectivity index (χ1v) is 13.9. The maximum Gasteiger partial charge on any atom is 0.238 e. The van der Waals surface area contributed by atoms with Crippen LogP contribution in [0, 0.1) is 17.0 Å². The molecule has 1 saturated carbocycles. The Bertz CT molecular complexity index is 1380. The van der Waals surface area contributed by atoms with Gasteiger partial charge in [0.2, 0.25) is 11.8 Å². The highest BCUT2D eigenvalue weighted by Crippen LogP contribution is 2.68. The molecule has 4 atom stereocenters. The number of ether oxygens (including phenoxy) is 1. The second-order valence-corrected chi connectivity index (χ2v) is 12.3. The lowest BCUT2D eigenvalue weighted by Crippen LogP contribution is -2.70. The molecule has 3 fully saturated rings. The molecule has 6 rings (SSSR count). The summed E-state index contributed by atoms with van der Waals surface area (Å²) >= 11 is 12.2. The van der Waals surface area contributed by atoms with Crippen molar-refractivity contribution in [3.63, 3.8) is 0 Å². The van der Waals surface area contributed by atoms with E-state index in [1.807, 2.05) is 0 Å². The van der Waals surface area contributed by atoms with Crippen molar-refractivity contribution in [2.24, 2.45) is 5.41 Å². The van der Waals surface area contributed by atoms with Crippen LogP contribution in [0.25, 0.3) is 0 Å². The van der Waals surface area contributed by atoms with E-state index in [-0.39, 0.29) is 31.1 Å². The van der Waals surface area contributed by atoms with E-state index in [0.717, 1.165) is 12.5 Å². The first kappa shape index (κ1) is 27.8. The Kier molecular flexibility index (Phi) is 6.84. The van der Waals surface area contributed by atoms with Crippen molar-refractivity contribution < 1.29 is 31.9 Å². The van der Waals surface area contributed by atoms with Crippen LogP contribution in [-0.2, 0) is 19.7 Å². The number of nitrogens with one attached hydrogen (secondary N) is 3. The van der Waals surface area contributed by atoms with Crippen LogP contribution in [0.3, 0.4) is 0 Å². The summed E-state index contributed by atoms with van der Waals surface area (Å²) in [5.41, 5.74) is -3.82. The SMILES string of the molecule is O=C(N[C@@H]1CCCOC1)[C@@H]1NC2(CC(CF)(CF)C2)[C@@]2(C(=O)Nc3cc(Cl)ccc32)[C@H]1c1ccc(F)c(Cl)c1F. The molecule has 3 heterocycles. The Labute approximate surface area is 238 Å². The van der Waals surface area contributed by atoms with E-state index in [9.17, 15) is 22.8 Å². The second kappa shape index (κ2) is 9.86. The largest absolute Gasteiger partial charge is 0.379 e. The second-order valence-electron chi connectivity index (χ2n) is 11.4. The highest BCUT2D eigenvalue weighted by atomic mass is 35.5. The molecule has 0 aromatic heterocycles. The van der Waals surface area contributed by atoms with E-state index >= 15 is 4.39 Å². The van der Waals surface area contributed by atoms with Crippen LogP contribution < -0.4 is 16.0 Å². The number of carbonyl (C=O) groups is 2. The molecule has 3 N–H and O–H groups in total. The zero-order chi connectivity index (χ0) is 28.4. The molecule has 4 aliphatic rings. The van der Waals surface area contributed by atoms with Gasteiger partial charge in [-0.3, -0.25) is 23.7 Å². The predicted molar refractivity (Wildman–Crippen MR) is 141 cm³/mol. The first-order valence-electron chi connectivity index (χ1n) is 13.1. The molecule has 6 nitrogen and oxygen atoms in total. The molecule has 3 aliphatic heterocycles. The van der Waals surface area contributed by atoms with Gasteiger partial charge in [0.25, 0.3) is 0 Å². The molecule has 0 bridgehead atoms. The molecule has 2 aromatic carbocycles. The average Bonchev–Trinajstić information content (AvgIpc) is 3.39. The summed E-state index contributed by atoms with van der Waals surface area (Å²) in [5.74, 6) is -4.48. The van der Waals surface area contributed by atoms with Crippen LogP contribution in [0.1, 0.15) is 42.7 Å². The third-order valence-corrected chi connectivity index (χ3v) is 9.69. The van der Waals surface area contributed by atoms with Crippen LogP contribution in [0.15, 0.2) is 30.3 Å². The Morgan fingerprint density at radius 2 is 1.88 bits per heavy atom. The molecule has 214 valence electrons. The molecule has 2 saturated heterocycles. The van der Waals surface area contributed by atoms with Crippen molar-refractivity contribution in [1.82, 2.24) is 10.6 Å². The minimum atomic E-state index is -1.70. The molecule has 40 heavy (non-hydrogen) atoms. The summed E-state index contributed by atoms with van der Waals surface area (Å²) in [6, 6.07) is 5.30. The zero-order valence-electron chi connectivity index (χ0n) is 21.3. The molecule has 0 radical (unpaired) electrons. The number of anilines is 1. The quantitative estimate of drug-likeness (QED) is 0.335. The monoisotopic (exact) mass is 599 g/mol. The van der Waals surface area contributed by atoms with Crippen molar-refractivity contribution >= 4 is 40.7 Å². The molecule has 2 amide bonds. The van der Waals surface area contributed by atoms with Crippen molar-refractivity contribution in [1.29, 1.82) is 0 Å². The molecular formula is C28H27Cl2F4N3O3. The number of amides is 2. The van der Waals surface area contributed by atoms with Gasteiger partial charge in [0.1, 0.15) is 22.1 Å². The van der Waals surface area contributed by atoms with Crippen LogP contribution >= 0.6 is 23.2 Å². The third-order valence-electron chi connectivity index (χ3n) is 9.11. The van der Waals surface area contributed by atoms with Gasteiger partial charge < -0.3 is 15.4 Å². The van der Waals surface area contributed by atoms with Gasteiger partial charge in [0, 0.05) is 34.2 Å². The van der Waals surface area contributed by atoms with Crippen LogP contribution in [0.2, 0.25) is 10.0 Å². The van der Waals surface area contributed by atoms with E-state index in [1.165, 1.54) is 12.1 Å². The predicted octanol–water partition coefficient (Wildman–Crippen LogP) is 4.97. The number of hydrogen-bond acceptors (Lipinski definition) is 4. The normalized spacial score (nSPS) is 29.8. The summed E-state index contributed by atoms with van der Waals surface area (Å²) in [5, 5.41) is 8.56. The highest BCUT2D eigenvalue weighted by Gasteiger charge is 2.78. The summed E-state index contributed by atoms with van der Waals surface area (Å²) in [7, 11) is 0. The topological polar surface area (TPSA) is 79.5 Å². The number of fused-ring (bicyclic) bond motifs is 3. The summed E-state index contributed by atoms with van der Waals surface area (Å²) < 4.78 is 64.0.